The Morgan fingerprint density at radius 2 is 2.00 bits per heavy atom. The van der Waals surface area contributed by atoms with Gasteiger partial charge in [-0.3, -0.25) is 0 Å². The van der Waals surface area contributed by atoms with Gasteiger partial charge in [0.2, 0.25) is 0 Å². The Bertz CT molecular complexity index is 199. The Morgan fingerprint density at radius 3 is 2.38 bits per heavy atom. The quantitative estimate of drug-likeness (QED) is 0.593. The predicted molar refractivity (Wildman–Crippen MR) is 57.8 cm³/mol. The summed E-state index contributed by atoms with van der Waals surface area (Å²) in [4.78, 5) is 0. The van der Waals surface area contributed by atoms with Crippen LogP contribution in [-0.2, 0) is 0 Å². The maximum Gasteiger partial charge on any atom is 0.267 e. The van der Waals surface area contributed by atoms with Gasteiger partial charge in [-0.15, -0.1) is 0 Å². The zero-order valence-electron chi connectivity index (χ0n) is 9.14. The minimum Gasteiger partial charge on any atom is -0.213 e. The summed E-state index contributed by atoms with van der Waals surface area (Å²) >= 11 is 0. The molecule has 2 heteroatoms. The molecular weight excluding hydrogens is 157 g/mol. The van der Waals surface area contributed by atoms with Crippen LogP contribution in [0.2, 0.25) is 12.6 Å². The summed E-state index contributed by atoms with van der Waals surface area (Å²) < 4.78 is 0. The summed E-state index contributed by atoms with van der Waals surface area (Å²) in [6.45, 7) is 7.37. The first-order valence-electron chi connectivity index (χ1n) is 5.52. The Hall–Kier alpha value is -0.445. The van der Waals surface area contributed by atoms with Crippen LogP contribution in [0.4, 0.5) is 0 Å². The number of hydrogen-bond acceptors (Lipinski definition) is 1. The first kappa shape index (κ1) is 10.6. The molecule has 0 aromatic heterocycles. The van der Waals surface area contributed by atoms with E-state index in [0.717, 1.165) is 18.6 Å². The normalized spacial score (nSPS) is 23.7. The molecule has 0 N–H and O–H groups in total. The summed E-state index contributed by atoms with van der Waals surface area (Å²) in [5, 5.41) is 8.81. The monoisotopic (exact) mass is 177 g/mol. The van der Waals surface area contributed by atoms with Gasteiger partial charge in [-0.05, 0) is 11.3 Å². The maximum absolute atomic E-state index is 8.81. The smallest absolute Gasteiger partial charge is 0.213 e. The molecule has 1 aliphatic heterocycles. The first-order valence-corrected chi connectivity index (χ1v) is 5.52. The standard InChI is InChI=1S/C11H20BN/c1-4-10(2)11(3)5-7-12(9-13)8-6-11/h10H,4-8H2,1-3H3. The molecule has 0 aliphatic carbocycles. The lowest BCUT2D eigenvalue weighted by molar-refractivity contribution is 0.171. The van der Waals surface area contributed by atoms with Crippen LogP contribution >= 0.6 is 0 Å². The van der Waals surface area contributed by atoms with Gasteiger partial charge in [0.05, 0.1) is 0 Å². The lowest BCUT2D eigenvalue weighted by Crippen LogP contribution is -2.32. The Labute approximate surface area is 82.6 Å². The van der Waals surface area contributed by atoms with Crippen LogP contribution in [0, 0.1) is 22.6 Å². The molecule has 1 heterocycles. The lowest BCUT2D eigenvalue weighted by Gasteiger charge is -2.39. The molecule has 0 spiro atoms. The van der Waals surface area contributed by atoms with E-state index in [1.165, 1.54) is 19.3 Å². The highest BCUT2D eigenvalue weighted by Gasteiger charge is 2.36. The third kappa shape index (κ3) is 2.27. The molecule has 0 bridgehead atoms. The van der Waals surface area contributed by atoms with Gasteiger partial charge in [-0.25, -0.2) is 5.26 Å². The van der Waals surface area contributed by atoms with E-state index < -0.39 is 0 Å². The minimum atomic E-state index is 0.345. The van der Waals surface area contributed by atoms with Crippen molar-refractivity contribution in [2.75, 3.05) is 0 Å². The van der Waals surface area contributed by atoms with Crippen molar-refractivity contribution < 1.29 is 0 Å². The van der Waals surface area contributed by atoms with Gasteiger partial charge in [0.1, 0.15) is 0 Å². The molecule has 13 heavy (non-hydrogen) atoms. The molecule has 1 saturated heterocycles. The van der Waals surface area contributed by atoms with Crippen molar-refractivity contribution in [1.82, 2.24) is 0 Å². The molecule has 1 aliphatic rings. The van der Waals surface area contributed by atoms with Gasteiger partial charge >= 0.3 is 0 Å². The summed E-state index contributed by atoms with van der Waals surface area (Å²) in [5.41, 5.74) is 0.516. The van der Waals surface area contributed by atoms with E-state index in [2.05, 4.69) is 26.7 Å². The third-order valence-corrected chi connectivity index (χ3v) is 4.11. The van der Waals surface area contributed by atoms with Gasteiger partial charge in [0, 0.05) is 5.97 Å². The molecule has 0 aromatic rings. The number of nitriles is 1. The van der Waals surface area contributed by atoms with E-state index in [-0.39, 0.29) is 0 Å². The number of rotatable bonds is 2. The van der Waals surface area contributed by atoms with Crippen molar-refractivity contribution in [2.24, 2.45) is 11.3 Å². The Kier molecular flexibility index (Phi) is 3.42. The van der Waals surface area contributed by atoms with Gasteiger partial charge in [-0.2, -0.15) is 0 Å². The summed E-state index contributed by atoms with van der Waals surface area (Å²) in [6, 6.07) is 0. The van der Waals surface area contributed by atoms with Crippen LogP contribution in [0.1, 0.15) is 40.0 Å². The van der Waals surface area contributed by atoms with Crippen LogP contribution in [0.15, 0.2) is 0 Å². The van der Waals surface area contributed by atoms with Crippen molar-refractivity contribution in [2.45, 2.75) is 52.7 Å². The van der Waals surface area contributed by atoms with Crippen molar-refractivity contribution >= 4 is 6.71 Å². The second-order valence-corrected chi connectivity index (χ2v) is 4.87. The molecule has 0 radical (unpaired) electrons. The van der Waals surface area contributed by atoms with E-state index in [1.807, 2.05) is 0 Å². The maximum atomic E-state index is 8.81. The van der Waals surface area contributed by atoms with Crippen molar-refractivity contribution in [3.8, 4) is 5.97 Å². The molecule has 1 rings (SSSR count). The topological polar surface area (TPSA) is 23.8 Å². The van der Waals surface area contributed by atoms with E-state index in [0.29, 0.717) is 12.1 Å². The first-order chi connectivity index (χ1) is 6.12. The van der Waals surface area contributed by atoms with E-state index in [9.17, 15) is 0 Å². The largest absolute Gasteiger partial charge is 0.267 e. The molecule has 1 fully saturated rings. The van der Waals surface area contributed by atoms with Crippen molar-refractivity contribution in [1.29, 1.82) is 5.26 Å². The fraction of sp³-hybridized carbons (Fsp3) is 0.909. The van der Waals surface area contributed by atoms with Gasteiger partial charge in [-0.1, -0.05) is 52.7 Å². The predicted octanol–water partition coefficient (Wildman–Crippen LogP) is 3.39. The molecule has 0 aromatic carbocycles. The van der Waals surface area contributed by atoms with Crippen LogP contribution in [0.25, 0.3) is 0 Å². The second-order valence-electron chi connectivity index (χ2n) is 4.87. The summed E-state index contributed by atoms with van der Waals surface area (Å²) in [6.07, 6.45) is 6.02. The third-order valence-electron chi connectivity index (χ3n) is 4.11. The molecule has 0 saturated carbocycles. The Morgan fingerprint density at radius 1 is 1.46 bits per heavy atom. The second kappa shape index (κ2) is 4.18. The van der Waals surface area contributed by atoms with Crippen molar-refractivity contribution in [3.05, 3.63) is 0 Å². The fourth-order valence-electron chi connectivity index (χ4n) is 2.39. The molecule has 1 nitrogen and oxygen atoms in total. The highest BCUT2D eigenvalue weighted by Crippen LogP contribution is 2.43. The van der Waals surface area contributed by atoms with Crippen LogP contribution in [0.5, 0.6) is 0 Å². The number of nitrogens with zero attached hydrogens (tertiary/aromatic N) is 1. The SMILES string of the molecule is CCC(C)C1(C)CCB(C#N)CC1. The zero-order chi connectivity index (χ0) is 9.90. The molecular formula is C11H20BN. The Balaban J connectivity index is 2.52. The van der Waals surface area contributed by atoms with E-state index in [4.69, 9.17) is 5.26 Å². The van der Waals surface area contributed by atoms with Crippen LogP contribution < -0.4 is 0 Å². The van der Waals surface area contributed by atoms with Gasteiger partial charge in [0.25, 0.3) is 6.71 Å². The average Bonchev–Trinajstić information content (AvgIpc) is 2.18. The fourth-order valence-corrected chi connectivity index (χ4v) is 2.39. The van der Waals surface area contributed by atoms with Crippen molar-refractivity contribution in [3.63, 3.8) is 0 Å². The lowest BCUT2D eigenvalue weighted by atomic mass is 9.39. The zero-order valence-corrected chi connectivity index (χ0v) is 9.14. The molecule has 1 unspecified atom stereocenters. The summed E-state index contributed by atoms with van der Waals surface area (Å²) in [5.74, 6) is 3.21. The molecule has 1 atom stereocenters. The van der Waals surface area contributed by atoms with Gasteiger partial charge < -0.3 is 0 Å². The minimum absolute atomic E-state index is 0.345. The van der Waals surface area contributed by atoms with Crippen LogP contribution in [-0.4, -0.2) is 6.71 Å². The van der Waals surface area contributed by atoms with E-state index >= 15 is 0 Å². The molecule has 0 amide bonds. The van der Waals surface area contributed by atoms with Gasteiger partial charge in [0.15, 0.2) is 0 Å². The highest BCUT2D eigenvalue weighted by molar-refractivity contribution is 6.67. The number of hydrogen-bond donors (Lipinski definition) is 0. The summed E-state index contributed by atoms with van der Waals surface area (Å²) in [7, 11) is 0. The van der Waals surface area contributed by atoms with Crippen LogP contribution in [0.3, 0.4) is 0 Å². The molecule has 72 valence electrons. The van der Waals surface area contributed by atoms with E-state index in [1.54, 1.807) is 0 Å². The average molecular weight is 177 g/mol. The highest BCUT2D eigenvalue weighted by atomic mass is 14.3.